The first-order valence-corrected chi connectivity index (χ1v) is 20.6. The number of unbranched alkanes of at least 4 members (excludes halogenated alkanes) is 2. The zero-order valence-corrected chi connectivity index (χ0v) is 35.0. The van der Waals surface area contributed by atoms with E-state index in [-0.39, 0.29) is 36.8 Å². The highest BCUT2D eigenvalue weighted by Crippen LogP contribution is 2.29. The van der Waals surface area contributed by atoms with Crippen LogP contribution in [0.2, 0.25) is 0 Å². The van der Waals surface area contributed by atoms with Crippen LogP contribution in [0.1, 0.15) is 79.1 Å². The number of ether oxygens (including phenoxy) is 2. The van der Waals surface area contributed by atoms with Crippen molar-refractivity contribution in [3.8, 4) is 0 Å². The lowest BCUT2D eigenvalue weighted by atomic mass is 9.89. The number of anilines is 5. The maximum Gasteiger partial charge on any atom is 0.417 e. The van der Waals surface area contributed by atoms with E-state index in [0.717, 1.165) is 50.6 Å². The number of aliphatic carboxylic acids is 2. The van der Waals surface area contributed by atoms with E-state index in [4.69, 9.17) is 14.6 Å². The van der Waals surface area contributed by atoms with Gasteiger partial charge in [-0.3, -0.25) is 19.7 Å². The van der Waals surface area contributed by atoms with Gasteiger partial charge in [0.05, 0.1) is 25.9 Å². The molecule has 4 N–H and O–H groups in total. The van der Waals surface area contributed by atoms with E-state index >= 15 is 0 Å². The summed E-state index contributed by atoms with van der Waals surface area (Å²) in [6.45, 7) is 9.69. The molecule has 20 heteroatoms. The number of nitrogens with one attached hydrogen (secondary N) is 2. The molecule has 0 radical (unpaired) electrons. The fourth-order valence-corrected chi connectivity index (χ4v) is 6.99. The summed E-state index contributed by atoms with van der Waals surface area (Å²) in [7, 11) is 0. The van der Waals surface area contributed by atoms with Crippen LogP contribution in [-0.2, 0) is 36.9 Å². The molecule has 1 aromatic carbocycles. The van der Waals surface area contributed by atoms with Gasteiger partial charge in [0.2, 0.25) is 17.8 Å². The highest BCUT2D eigenvalue weighted by Gasteiger charge is 2.28. The third-order valence-electron chi connectivity index (χ3n) is 9.91. The number of carbonyl (C=O) groups excluding carboxylic acids is 2. The molecule has 0 unspecified atom stereocenters. The Balaban J connectivity index is 0.000000206. The van der Waals surface area contributed by atoms with E-state index in [2.05, 4.69) is 47.5 Å². The molecule has 1 aliphatic heterocycles. The molecule has 4 aromatic heterocycles. The van der Waals surface area contributed by atoms with Crippen LogP contribution < -0.4 is 20.4 Å². The first kappa shape index (κ1) is 44.1. The summed E-state index contributed by atoms with van der Waals surface area (Å²) in [5.74, 6) is -0.835. The number of hydrogen-bond acceptors (Lipinski definition) is 14. The van der Waals surface area contributed by atoms with E-state index in [9.17, 15) is 24.3 Å². The number of carboxylic acid groups (broad SMARTS) is 2. The third kappa shape index (κ3) is 11.9. The van der Waals surface area contributed by atoms with Crippen molar-refractivity contribution in [3.63, 3.8) is 0 Å². The normalized spacial score (nSPS) is 14.6. The number of carbonyl (C=O) groups is 4. The Hall–Kier alpha value is -6.44. The van der Waals surface area contributed by atoms with E-state index < -0.39 is 23.6 Å². The summed E-state index contributed by atoms with van der Waals surface area (Å²) >= 11 is 0. The number of fused-ring (bicyclic) bond motifs is 2. The van der Waals surface area contributed by atoms with E-state index in [1.54, 1.807) is 20.8 Å². The minimum atomic E-state index is -1.03. The van der Waals surface area contributed by atoms with Crippen LogP contribution in [0.4, 0.5) is 34.0 Å². The fourth-order valence-electron chi connectivity index (χ4n) is 6.99. The van der Waals surface area contributed by atoms with E-state index in [1.807, 2.05) is 35.2 Å². The molecule has 5 heterocycles. The molecule has 326 valence electrons. The summed E-state index contributed by atoms with van der Waals surface area (Å²) in [5.41, 5.74) is 1.72. The summed E-state index contributed by atoms with van der Waals surface area (Å²) in [6, 6.07) is 9.39. The molecule has 2 fully saturated rings. The van der Waals surface area contributed by atoms with Gasteiger partial charge < -0.3 is 39.0 Å². The highest BCUT2D eigenvalue weighted by atomic mass is 16.6. The van der Waals surface area contributed by atoms with Crippen molar-refractivity contribution in [2.24, 2.45) is 5.92 Å². The number of amides is 2. The Morgan fingerprint density at radius 2 is 1.49 bits per heavy atom. The Morgan fingerprint density at radius 3 is 2.11 bits per heavy atom. The van der Waals surface area contributed by atoms with Crippen molar-refractivity contribution >= 4 is 75.5 Å². The van der Waals surface area contributed by atoms with Crippen molar-refractivity contribution < 1.29 is 38.9 Å². The maximum absolute atomic E-state index is 13.0. The predicted molar refractivity (Wildman–Crippen MR) is 227 cm³/mol. The number of nitrogens with zero attached hydrogens (tertiary/aromatic N) is 10. The van der Waals surface area contributed by atoms with Gasteiger partial charge in [-0.15, -0.1) is 0 Å². The zero-order valence-electron chi connectivity index (χ0n) is 35.0. The van der Waals surface area contributed by atoms with Crippen LogP contribution in [0.25, 0.3) is 22.3 Å². The predicted octanol–water partition coefficient (Wildman–Crippen LogP) is 5.85. The molecule has 2 amide bonds. The van der Waals surface area contributed by atoms with Gasteiger partial charge in [-0.25, -0.2) is 19.7 Å². The third-order valence-corrected chi connectivity index (χ3v) is 9.91. The second kappa shape index (κ2) is 20.2. The number of carboxylic acids is 2. The number of morpholine rings is 1. The second-order valence-corrected chi connectivity index (χ2v) is 15.9. The van der Waals surface area contributed by atoms with Crippen LogP contribution in [0.3, 0.4) is 0 Å². The Labute approximate surface area is 352 Å². The van der Waals surface area contributed by atoms with Gasteiger partial charge in [-0.1, -0.05) is 57.2 Å². The lowest BCUT2D eigenvalue weighted by Gasteiger charge is -2.28. The van der Waals surface area contributed by atoms with E-state index in [0.29, 0.717) is 66.8 Å². The molecular weight excluding hydrogens is 789 g/mol. The molecule has 5 aromatic rings. The summed E-state index contributed by atoms with van der Waals surface area (Å²) in [6.07, 6.45) is 9.98. The van der Waals surface area contributed by atoms with Crippen molar-refractivity contribution in [2.45, 2.75) is 97.8 Å². The molecule has 1 saturated heterocycles. The van der Waals surface area contributed by atoms with Gasteiger partial charge >= 0.3 is 18.0 Å². The minimum absolute atomic E-state index is 0.0242. The van der Waals surface area contributed by atoms with Crippen LogP contribution in [0.15, 0.2) is 43.0 Å². The van der Waals surface area contributed by atoms with E-state index in [1.165, 1.54) is 33.1 Å². The number of benzene rings is 1. The average Bonchev–Trinajstić information content (AvgIpc) is 3.82. The standard InChI is InChI=1S/C23H30N6O4.C18H24N6O4/c1-5-6-10-13-29(22(32)33-23(2,3)4)21-26-19(25-16-11-8-7-9-12-16)18-20(27-21)28(15-24-18)14-17(30)31;25-13(26)10-24-11-19-14-15(23-6-8-28-9-7-23)20-18(21-16(14)24)22-17(27)12-4-2-1-3-5-12/h7-9,11-12,15H,5-6,10,13-14H2,1-4H3,(H,30,31)(H,25,26,27);11-12H,1-10H2,(H,25,26)(H,20,21,22,27). The number of imidazole rings is 2. The molecule has 1 aliphatic carbocycles. The maximum atomic E-state index is 13.0. The lowest BCUT2D eigenvalue weighted by Crippen LogP contribution is -2.38. The highest BCUT2D eigenvalue weighted by molar-refractivity contribution is 5.94. The van der Waals surface area contributed by atoms with Crippen LogP contribution in [-0.4, -0.2) is 112 Å². The quantitative estimate of drug-likeness (QED) is 0.0958. The number of hydrogen-bond donors (Lipinski definition) is 4. The van der Waals surface area contributed by atoms with Gasteiger partial charge in [0.25, 0.3) is 0 Å². The first-order valence-electron chi connectivity index (χ1n) is 20.6. The van der Waals surface area contributed by atoms with Gasteiger partial charge in [0.15, 0.2) is 34.0 Å². The molecule has 0 atom stereocenters. The van der Waals surface area contributed by atoms with Gasteiger partial charge in [-0.2, -0.15) is 19.9 Å². The van der Waals surface area contributed by atoms with Gasteiger partial charge in [-0.05, 0) is 52.2 Å². The van der Waals surface area contributed by atoms with Gasteiger partial charge in [0, 0.05) is 31.2 Å². The van der Waals surface area contributed by atoms with Crippen LogP contribution >= 0.6 is 0 Å². The van der Waals surface area contributed by atoms with Crippen LogP contribution in [0.5, 0.6) is 0 Å². The smallest absolute Gasteiger partial charge is 0.417 e. The molecular formula is C41H54N12O8. The first-order chi connectivity index (χ1) is 29.3. The second-order valence-electron chi connectivity index (χ2n) is 15.9. The molecule has 2 aliphatic rings. The number of para-hydroxylation sites is 1. The van der Waals surface area contributed by atoms with Crippen molar-refractivity contribution in [3.05, 3.63) is 43.0 Å². The summed E-state index contributed by atoms with van der Waals surface area (Å²) in [4.78, 5) is 78.4. The van der Waals surface area contributed by atoms with Gasteiger partial charge in [0.1, 0.15) is 18.7 Å². The fraction of sp³-hybridized carbons (Fsp3) is 0.512. The number of aromatic nitrogens is 8. The van der Waals surface area contributed by atoms with Crippen molar-refractivity contribution in [2.75, 3.05) is 53.3 Å². The zero-order chi connectivity index (χ0) is 43.5. The van der Waals surface area contributed by atoms with Crippen molar-refractivity contribution in [1.82, 2.24) is 39.0 Å². The molecule has 0 bridgehead atoms. The monoisotopic (exact) mass is 842 g/mol. The average molecular weight is 843 g/mol. The lowest BCUT2D eigenvalue weighted by molar-refractivity contribution is -0.138. The summed E-state index contributed by atoms with van der Waals surface area (Å²) < 4.78 is 13.9. The topological polar surface area (TPSA) is 245 Å². The number of rotatable bonds is 14. The van der Waals surface area contributed by atoms with Crippen molar-refractivity contribution in [1.29, 1.82) is 0 Å². The Kier molecular flexibility index (Phi) is 14.6. The Bertz CT molecular complexity index is 2300. The molecule has 7 rings (SSSR count). The molecule has 1 saturated carbocycles. The molecule has 20 nitrogen and oxygen atoms in total. The molecule has 61 heavy (non-hydrogen) atoms. The molecule has 0 spiro atoms. The largest absolute Gasteiger partial charge is 0.480 e. The SMILES string of the molecule is CCCCCN(C(=O)OC(C)(C)C)c1nc(Nc2ccccc2)c2ncn(CC(=O)O)c2n1.O=C(O)Cn1cnc2c(N3CCOCC3)nc(NC(=O)C3CCCCC3)nc21. The summed E-state index contributed by atoms with van der Waals surface area (Å²) in [5, 5.41) is 24.5. The minimum Gasteiger partial charge on any atom is -0.480 e. The van der Waals surface area contributed by atoms with Crippen LogP contribution in [0, 0.1) is 5.92 Å². The Morgan fingerprint density at radius 1 is 0.852 bits per heavy atom.